The summed E-state index contributed by atoms with van der Waals surface area (Å²) < 4.78 is 7.21. The molecule has 0 unspecified atom stereocenters. The summed E-state index contributed by atoms with van der Waals surface area (Å²) in [5, 5.41) is 1.29. The lowest BCUT2D eigenvalue weighted by Gasteiger charge is -2.07. The summed E-state index contributed by atoms with van der Waals surface area (Å²) in [6.07, 6.45) is 3.48. The predicted molar refractivity (Wildman–Crippen MR) is 85.2 cm³/mol. The smallest absolute Gasteiger partial charge is 0.305 e. The van der Waals surface area contributed by atoms with Gasteiger partial charge in [-0.2, -0.15) is 0 Å². The number of hydrogen-bond acceptors (Lipinski definition) is 3. The molecule has 2 rings (SSSR count). The van der Waals surface area contributed by atoms with Crippen LogP contribution in [0.4, 0.5) is 0 Å². The van der Waals surface area contributed by atoms with E-state index in [2.05, 4.69) is 54.0 Å². The van der Waals surface area contributed by atoms with E-state index in [4.69, 9.17) is 4.74 Å². The van der Waals surface area contributed by atoms with Gasteiger partial charge in [0.05, 0.1) is 6.61 Å². The summed E-state index contributed by atoms with van der Waals surface area (Å²) in [6.45, 7) is 4.06. The van der Waals surface area contributed by atoms with Gasteiger partial charge in [0.1, 0.15) is 0 Å². The zero-order valence-corrected chi connectivity index (χ0v) is 13.1. The number of nitrogens with zero attached hydrogens (tertiary/aromatic N) is 2. The predicted octanol–water partition coefficient (Wildman–Crippen LogP) is 3.05. The second-order valence-corrected chi connectivity index (χ2v) is 5.51. The number of esters is 1. The lowest BCUT2D eigenvalue weighted by Crippen LogP contribution is -2.10. The number of rotatable bonds is 7. The molecule has 0 atom stereocenters. The molecule has 0 saturated heterocycles. The van der Waals surface area contributed by atoms with Crippen molar-refractivity contribution in [1.29, 1.82) is 0 Å². The monoisotopic (exact) mass is 288 g/mol. The van der Waals surface area contributed by atoms with E-state index in [1.54, 1.807) is 0 Å². The Balaban J connectivity index is 2.10. The Bertz CT molecular complexity index is 602. The summed E-state index contributed by atoms with van der Waals surface area (Å²) in [7, 11) is 4.15. The van der Waals surface area contributed by atoms with Gasteiger partial charge in [-0.05, 0) is 39.1 Å². The zero-order chi connectivity index (χ0) is 15.2. The zero-order valence-electron chi connectivity index (χ0n) is 13.1. The molecule has 0 aliphatic heterocycles. The van der Waals surface area contributed by atoms with E-state index in [1.165, 1.54) is 16.5 Å². The molecular weight excluding hydrogens is 264 g/mol. The normalized spacial score (nSPS) is 11.2. The molecule has 0 aliphatic carbocycles. The van der Waals surface area contributed by atoms with E-state index >= 15 is 0 Å². The van der Waals surface area contributed by atoms with Crippen molar-refractivity contribution in [1.82, 2.24) is 9.47 Å². The van der Waals surface area contributed by atoms with Crippen LogP contribution in [0.3, 0.4) is 0 Å². The molecule has 1 aromatic heterocycles. The molecule has 0 N–H and O–H groups in total. The summed E-state index contributed by atoms with van der Waals surface area (Å²) >= 11 is 0. The van der Waals surface area contributed by atoms with Gasteiger partial charge >= 0.3 is 5.97 Å². The topological polar surface area (TPSA) is 34.5 Å². The van der Waals surface area contributed by atoms with Crippen LogP contribution in [0.5, 0.6) is 0 Å². The van der Waals surface area contributed by atoms with Gasteiger partial charge in [-0.25, -0.2) is 0 Å². The average molecular weight is 288 g/mol. The average Bonchev–Trinajstić information content (AvgIpc) is 2.77. The lowest BCUT2D eigenvalue weighted by atomic mass is 10.2. The van der Waals surface area contributed by atoms with E-state index in [1.807, 2.05) is 6.92 Å². The highest BCUT2D eigenvalue weighted by Gasteiger charge is 2.09. The van der Waals surface area contributed by atoms with Crippen LogP contribution in [0.1, 0.15) is 25.3 Å². The number of aromatic nitrogens is 1. The third kappa shape index (κ3) is 4.08. The molecule has 2 aromatic rings. The van der Waals surface area contributed by atoms with E-state index < -0.39 is 0 Å². The van der Waals surface area contributed by atoms with Crippen molar-refractivity contribution in [3.8, 4) is 0 Å². The van der Waals surface area contributed by atoms with Crippen LogP contribution in [-0.4, -0.2) is 36.1 Å². The van der Waals surface area contributed by atoms with Crippen molar-refractivity contribution in [2.75, 3.05) is 20.7 Å². The summed E-state index contributed by atoms with van der Waals surface area (Å²) in [6, 6.07) is 8.43. The van der Waals surface area contributed by atoms with E-state index in [-0.39, 0.29) is 5.97 Å². The Hall–Kier alpha value is -1.81. The Morgan fingerprint density at radius 2 is 2.05 bits per heavy atom. The number of para-hydroxylation sites is 1. The molecule has 0 bridgehead atoms. The lowest BCUT2D eigenvalue weighted by molar-refractivity contribution is -0.143. The van der Waals surface area contributed by atoms with Gasteiger partial charge < -0.3 is 14.2 Å². The highest BCUT2D eigenvalue weighted by atomic mass is 16.5. The molecular formula is C17H24N2O2. The van der Waals surface area contributed by atoms with Gasteiger partial charge in [-0.1, -0.05) is 18.2 Å². The van der Waals surface area contributed by atoms with Crippen molar-refractivity contribution < 1.29 is 9.53 Å². The maximum Gasteiger partial charge on any atom is 0.305 e. The first-order valence-electron chi connectivity index (χ1n) is 7.49. The number of hydrogen-bond donors (Lipinski definition) is 0. The number of carbonyl (C=O) groups excluding carboxylic acids is 1. The molecule has 0 radical (unpaired) electrons. The number of aryl methyl sites for hydroxylation is 1. The minimum Gasteiger partial charge on any atom is -0.466 e. The van der Waals surface area contributed by atoms with Crippen molar-refractivity contribution in [2.24, 2.45) is 0 Å². The molecule has 0 aliphatic rings. The van der Waals surface area contributed by atoms with Crippen molar-refractivity contribution in [3.63, 3.8) is 0 Å². The molecule has 0 fully saturated rings. The third-order valence-corrected chi connectivity index (χ3v) is 3.44. The summed E-state index contributed by atoms with van der Waals surface area (Å²) in [5.41, 5.74) is 2.56. The number of ether oxygens (including phenoxy) is 1. The number of benzene rings is 1. The van der Waals surface area contributed by atoms with E-state index in [9.17, 15) is 4.79 Å². The third-order valence-electron chi connectivity index (χ3n) is 3.44. The minimum atomic E-state index is -0.109. The largest absolute Gasteiger partial charge is 0.466 e. The van der Waals surface area contributed by atoms with E-state index in [0.29, 0.717) is 13.0 Å². The molecule has 0 saturated carbocycles. The first-order chi connectivity index (χ1) is 10.1. The van der Waals surface area contributed by atoms with Crippen LogP contribution in [-0.2, 0) is 22.6 Å². The molecule has 4 heteroatoms. The van der Waals surface area contributed by atoms with E-state index in [0.717, 1.165) is 19.5 Å². The summed E-state index contributed by atoms with van der Waals surface area (Å²) in [5.74, 6) is -0.109. The number of carbonyl (C=O) groups is 1. The molecule has 21 heavy (non-hydrogen) atoms. The molecule has 0 spiro atoms. The van der Waals surface area contributed by atoms with Crippen molar-refractivity contribution >= 4 is 16.9 Å². The van der Waals surface area contributed by atoms with Crippen LogP contribution in [0.25, 0.3) is 10.9 Å². The Morgan fingerprint density at radius 3 is 2.76 bits per heavy atom. The minimum absolute atomic E-state index is 0.109. The van der Waals surface area contributed by atoms with Crippen LogP contribution < -0.4 is 0 Å². The van der Waals surface area contributed by atoms with Crippen LogP contribution in [0.2, 0.25) is 0 Å². The first kappa shape index (κ1) is 15.6. The molecule has 114 valence electrons. The van der Waals surface area contributed by atoms with Gasteiger partial charge in [-0.15, -0.1) is 0 Å². The van der Waals surface area contributed by atoms with Gasteiger partial charge in [0.15, 0.2) is 0 Å². The second-order valence-electron chi connectivity index (χ2n) is 5.51. The molecule has 1 heterocycles. The number of fused-ring (bicyclic) bond motifs is 1. The molecule has 1 aromatic carbocycles. The SMILES string of the molecule is CCOC(=O)CCCn1cc(CN(C)C)c2ccccc21. The second kappa shape index (κ2) is 7.27. The fourth-order valence-corrected chi connectivity index (χ4v) is 2.60. The Labute approximate surface area is 126 Å². The molecule has 0 amide bonds. The van der Waals surface area contributed by atoms with Crippen molar-refractivity contribution in [2.45, 2.75) is 32.9 Å². The highest BCUT2D eigenvalue weighted by molar-refractivity contribution is 5.84. The fraction of sp³-hybridized carbons (Fsp3) is 0.471. The maximum atomic E-state index is 11.4. The molecule has 4 nitrogen and oxygen atoms in total. The standard InChI is InChI=1S/C17H24N2O2/c1-4-21-17(20)10-7-11-19-13-14(12-18(2)3)15-8-5-6-9-16(15)19/h5-6,8-9,13H,4,7,10-12H2,1-3H3. The van der Waals surface area contributed by atoms with Crippen LogP contribution in [0, 0.1) is 0 Å². The van der Waals surface area contributed by atoms with Crippen LogP contribution in [0.15, 0.2) is 30.5 Å². The van der Waals surface area contributed by atoms with Gasteiger partial charge in [0.25, 0.3) is 0 Å². The maximum absolute atomic E-state index is 11.4. The Kier molecular flexibility index (Phi) is 5.39. The van der Waals surface area contributed by atoms with Crippen LogP contribution >= 0.6 is 0 Å². The Morgan fingerprint density at radius 1 is 1.29 bits per heavy atom. The van der Waals surface area contributed by atoms with Crippen molar-refractivity contribution in [3.05, 3.63) is 36.0 Å². The summed E-state index contributed by atoms with van der Waals surface area (Å²) in [4.78, 5) is 13.6. The quantitative estimate of drug-likeness (QED) is 0.734. The van der Waals surface area contributed by atoms with Gasteiger partial charge in [-0.3, -0.25) is 4.79 Å². The highest BCUT2D eigenvalue weighted by Crippen LogP contribution is 2.22. The first-order valence-corrected chi connectivity index (χ1v) is 7.49. The fourth-order valence-electron chi connectivity index (χ4n) is 2.60. The van der Waals surface area contributed by atoms with Gasteiger partial charge in [0, 0.05) is 36.6 Å². The van der Waals surface area contributed by atoms with Gasteiger partial charge in [0.2, 0.25) is 0 Å².